The highest BCUT2D eigenvalue weighted by molar-refractivity contribution is 7.99. The number of rotatable bonds is 11. The largest absolute Gasteiger partial charge is 0.352 e. The number of thioether (sulfide) groups is 1. The molecule has 0 radical (unpaired) electrons. The van der Waals surface area contributed by atoms with Crippen molar-refractivity contribution < 1.29 is 14.0 Å². The van der Waals surface area contributed by atoms with Crippen LogP contribution >= 0.6 is 23.4 Å². The summed E-state index contributed by atoms with van der Waals surface area (Å²) in [6.45, 7) is 2.22. The van der Waals surface area contributed by atoms with E-state index in [0.717, 1.165) is 41.9 Å². The Morgan fingerprint density at radius 1 is 1.12 bits per heavy atom. The van der Waals surface area contributed by atoms with Crippen molar-refractivity contribution >= 4 is 35.2 Å². The van der Waals surface area contributed by atoms with Crippen molar-refractivity contribution in [3.63, 3.8) is 0 Å². The van der Waals surface area contributed by atoms with E-state index in [9.17, 15) is 14.0 Å². The minimum Gasteiger partial charge on any atom is -0.352 e. The van der Waals surface area contributed by atoms with Gasteiger partial charge in [-0.2, -0.15) is 0 Å². The molecule has 3 rings (SSSR count). The Labute approximate surface area is 205 Å². The standard InChI is InChI=1S/C26H32ClFN2O2S/c1-2-24(26(32)29-22-6-3-4-7-22)30(18-19-9-13-21(28)14-10-19)25(31)8-5-17-33-23-15-11-20(27)12-16-23/h9-16,22,24H,2-8,17-18H2,1H3,(H,29,32)/t24-/m0/s1. The molecule has 1 atom stereocenters. The summed E-state index contributed by atoms with van der Waals surface area (Å²) < 4.78 is 13.4. The van der Waals surface area contributed by atoms with Gasteiger partial charge in [0.05, 0.1) is 0 Å². The summed E-state index contributed by atoms with van der Waals surface area (Å²) in [4.78, 5) is 29.1. The van der Waals surface area contributed by atoms with Crippen molar-refractivity contribution in [2.75, 3.05) is 5.75 Å². The van der Waals surface area contributed by atoms with Gasteiger partial charge in [0.25, 0.3) is 0 Å². The van der Waals surface area contributed by atoms with Gasteiger partial charge in [-0.1, -0.05) is 43.5 Å². The van der Waals surface area contributed by atoms with E-state index in [-0.39, 0.29) is 23.7 Å². The summed E-state index contributed by atoms with van der Waals surface area (Å²) in [5.74, 6) is 0.338. The summed E-state index contributed by atoms with van der Waals surface area (Å²) in [5, 5.41) is 3.85. The molecule has 0 aromatic heterocycles. The van der Waals surface area contributed by atoms with Crippen LogP contribution in [0.5, 0.6) is 0 Å². The van der Waals surface area contributed by atoms with Crippen molar-refractivity contribution in [1.29, 1.82) is 0 Å². The van der Waals surface area contributed by atoms with Crippen LogP contribution in [0, 0.1) is 5.82 Å². The lowest BCUT2D eigenvalue weighted by molar-refractivity contribution is -0.141. The molecule has 0 aliphatic heterocycles. The van der Waals surface area contributed by atoms with Gasteiger partial charge in [-0.25, -0.2) is 4.39 Å². The average Bonchev–Trinajstić information content (AvgIpc) is 3.32. The quantitative estimate of drug-likeness (QED) is 0.300. The van der Waals surface area contributed by atoms with E-state index >= 15 is 0 Å². The minimum atomic E-state index is -0.535. The molecule has 1 saturated carbocycles. The van der Waals surface area contributed by atoms with Crippen LogP contribution in [0.1, 0.15) is 57.4 Å². The van der Waals surface area contributed by atoms with Gasteiger partial charge in [0, 0.05) is 28.9 Å². The van der Waals surface area contributed by atoms with Crippen molar-refractivity contribution in [3.05, 3.63) is 64.9 Å². The third-order valence-electron chi connectivity index (χ3n) is 5.97. The zero-order chi connectivity index (χ0) is 23.6. The Bertz CT molecular complexity index is 902. The second kappa shape index (κ2) is 13.0. The Morgan fingerprint density at radius 3 is 2.42 bits per heavy atom. The molecule has 1 fully saturated rings. The SMILES string of the molecule is CC[C@@H](C(=O)NC1CCCC1)N(Cc1ccc(F)cc1)C(=O)CCCSc1ccc(Cl)cc1. The average molecular weight is 491 g/mol. The topological polar surface area (TPSA) is 49.4 Å². The number of hydrogen-bond acceptors (Lipinski definition) is 3. The molecule has 178 valence electrons. The van der Waals surface area contributed by atoms with Crippen LogP contribution in [0.4, 0.5) is 4.39 Å². The van der Waals surface area contributed by atoms with Crippen LogP contribution in [-0.4, -0.2) is 34.6 Å². The molecule has 7 heteroatoms. The number of nitrogens with one attached hydrogen (secondary N) is 1. The van der Waals surface area contributed by atoms with Gasteiger partial charge in [-0.05, 0) is 73.4 Å². The first kappa shape index (κ1) is 25.6. The summed E-state index contributed by atoms with van der Waals surface area (Å²) >= 11 is 7.61. The Morgan fingerprint density at radius 2 is 1.79 bits per heavy atom. The van der Waals surface area contributed by atoms with Crippen LogP contribution in [-0.2, 0) is 16.1 Å². The monoisotopic (exact) mass is 490 g/mol. The highest BCUT2D eigenvalue weighted by Crippen LogP contribution is 2.23. The van der Waals surface area contributed by atoms with Crippen LogP contribution < -0.4 is 5.32 Å². The van der Waals surface area contributed by atoms with Crippen LogP contribution in [0.3, 0.4) is 0 Å². The van der Waals surface area contributed by atoms with E-state index in [0.29, 0.717) is 30.8 Å². The van der Waals surface area contributed by atoms with Crippen molar-refractivity contribution in [2.24, 2.45) is 0 Å². The normalized spacial score (nSPS) is 14.8. The zero-order valence-corrected chi connectivity index (χ0v) is 20.6. The molecular formula is C26H32ClFN2O2S. The van der Waals surface area contributed by atoms with Gasteiger partial charge in [-0.3, -0.25) is 9.59 Å². The number of carbonyl (C=O) groups excluding carboxylic acids is 2. The Kier molecular flexibility index (Phi) is 10.1. The minimum absolute atomic E-state index is 0.0514. The molecule has 0 bridgehead atoms. The number of nitrogens with zero attached hydrogens (tertiary/aromatic N) is 1. The fourth-order valence-corrected chi connectivity index (χ4v) is 5.14. The highest BCUT2D eigenvalue weighted by atomic mass is 35.5. The third kappa shape index (κ3) is 8.04. The van der Waals surface area contributed by atoms with Crippen molar-refractivity contribution in [3.8, 4) is 0 Å². The Hall–Kier alpha value is -2.05. The fourth-order valence-electron chi connectivity index (χ4n) is 4.16. The van der Waals surface area contributed by atoms with E-state index in [1.807, 2.05) is 31.2 Å². The fraction of sp³-hybridized carbons (Fsp3) is 0.462. The molecule has 1 aliphatic carbocycles. The smallest absolute Gasteiger partial charge is 0.243 e. The predicted octanol–water partition coefficient (Wildman–Crippen LogP) is 6.22. The second-order valence-corrected chi connectivity index (χ2v) is 10.1. The maximum atomic E-state index is 13.4. The first-order chi connectivity index (χ1) is 16.0. The van der Waals surface area contributed by atoms with Gasteiger partial charge < -0.3 is 10.2 Å². The van der Waals surface area contributed by atoms with E-state index < -0.39 is 6.04 Å². The van der Waals surface area contributed by atoms with Gasteiger partial charge in [0.2, 0.25) is 11.8 Å². The molecule has 33 heavy (non-hydrogen) atoms. The molecule has 4 nitrogen and oxygen atoms in total. The maximum absolute atomic E-state index is 13.4. The molecule has 1 N–H and O–H groups in total. The van der Waals surface area contributed by atoms with Gasteiger partial charge in [0.1, 0.15) is 11.9 Å². The lowest BCUT2D eigenvalue weighted by Crippen LogP contribution is -2.50. The molecule has 0 saturated heterocycles. The third-order valence-corrected chi connectivity index (χ3v) is 7.32. The van der Waals surface area contributed by atoms with Crippen LogP contribution in [0.15, 0.2) is 53.4 Å². The first-order valence-corrected chi connectivity index (χ1v) is 13.0. The first-order valence-electron chi connectivity index (χ1n) is 11.7. The highest BCUT2D eigenvalue weighted by Gasteiger charge is 2.30. The maximum Gasteiger partial charge on any atom is 0.243 e. The summed E-state index contributed by atoms with van der Waals surface area (Å²) in [7, 11) is 0. The van der Waals surface area contributed by atoms with E-state index in [1.54, 1.807) is 28.8 Å². The number of amides is 2. The molecule has 2 aromatic rings. The summed E-state index contributed by atoms with van der Waals surface area (Å²) in [6, 6.07) is 13.4. The molecule has 2 aromatic carbocycles. The number of carbonyl (C=O) groups is 2. The molecule has 0 spiro atoms. The number of benzene rings is 2. The Balaban J connectivity index is 1.63. The molecule has 2 amide bonds. The summed E-state index contributed by atoms with van der Waals surface area (Å²) in [5.41, 5.74) is 0.812. The molecular weight excluding hydrogens is 459 g/mol. The predicted molar refractivity (Wildman–Crippen MR) is 133 cm³/mol. The van der Waals surface area contributed by atoms with E-state index in [4.69, 9.17) is 11.6 Å². The van der Waals surface area contributed by atoms with Crippen LogP contribution in [0.25, 0.3) is 0 Å². The molecule has 1 aliphatic rings. The number of hydrogen-bond donors (Lipinski definition) is 1. The second-order valence-electron chi connectivity index (χ2n) is 8.47. The van der Waals surface area contributed by atoms with E-state index in [2.05, 4.69) is 5.32 Å². The van der Waals surface area contributed by atoms with Crippen molar-refractivity contribution in [2.45, 2.75) is 75.4 Å². The van der Waals surface area contributed by atoms with E-state index in [1.165, 1.54) is 12.1 Å². The van der Waals surface area contributed by atoms with Gasteiger partial charge >= 0.3 is 0 Å². The lowest BCUT2D eigenvalue weighted by atomic mass is 10.1. The van der Waals surface area contributed by atoms with Gasteiger partial charge in [-0.15, -0.1) is 11.8 Å². The number of halogens is 2. The zero-order valence-electron chi connectivity index (χ0n) is 19.1. The van der Waals surface area contributed by atoms with Gasteiger partial charge in [0.15, 0.2) is 0 Å². The van der Waals surface area contributed by atoms with Crippen molar-refractivity contribution in [1.82, 2.24) is 10.2 Å². The molecule has 0 heterocycles. The summed E-state index contributed by atoms with van der Waals surface area (Å²) in [6.07, 6.45) is 5.84. The van der Waals surface area contributed by atoms with Crippen LogP contribution in [0.2, 0.25) is 5.02 Å². The lowest BCUT2D eigenvalue weighted by Gasteiger charge is -2.31. The molecule has 0 unspecified atom stereocenters.